The zero-order valence-corrected chi connectivity index (χ0v) is 38.2. The molecule has 4 amide bonds. The monoisotopic (exact) mass is 974 g/mol. The lowest BCUT2D eigenvalue weighted by atomic mass is 9.72. The van der Waals surface area contributed by atoms with Crippen molar-refractivity contribution in [2.24, 2.45) is 11.3 Å². The molecule has 8 heterocycles. The van der Waals surface area contributed by atoms with E-state index in [4.69, 9.17) is 4.74 Å². The van der Waals surface area contributed by atoms with Crippen LogP contribution in [0.2, 0.25) is 0 Å². The molecule has 5 fully saturated rings. The van der Waals surface area contributed by atoms with Gasteiger partial charge in [0.1, 0.15) is 35.9 Å². The van der Waals surface area contributed by atoms with E-state index in [0.29, 0.717) is 34.3 Å². The second kappa shape index (κ2) is 17.2. The summed E-state index contributed by atoms with van der Waals surface area (Å²) in [5, 5.41) is 12.3. The number of rotatable bonds is 11. The fourth-order valence-corrected chi connectivity index (χ4v) is 11.9. The third-order valence-corrected chi connectivity index (χ3v) is 15.6. The number of carbonyl (C=O) groups is 4. The number of nitriles is 1. The number of alkyl halides is 1. The molecule has 2 aromatic heterocycles. The highest BCUT2D eigenvalue weighted by atomic mass is 32.2. The Morgan fingerprint density at radius 2 is 1.67 bits per heavy atom. The molecule has 70 heavy (non-hydrogen) atoms. The van der Waals surface area contributed by atoms with Crippen molar-refractivity contribution < 1.29 is 41.1 Å². The summed E-state index contributed by atoms with van der Waals surface area (Å²) in [6, 6.07) is 12.3. The zero-order chi connectivity index (χ0) is 48.6. The zero-order valence-electron chi connectivity index (χ0n) is 37.4. The van der Waals surface area contributed by atoms with Gasteiger partial charge in [0.25, 0.3) is 17.4 Å². The third kappa shape index (κ3) is 7.94. The van der Waals surface area contributed by atoms with Crippen molar-refractivity contribution in [3.8, 4) is 23.3 Å². The summed E-state index contributed by atoms with van der Waals surface area (Å²) < 4.78 is 65.0. The van der Waals surface area contributed by atoms with Crippen LogP contribution in [-0.4, -0.2) is 137 Å². The minimum atomic E-state index is -4.26. The fourth-order valence-electron chi connectivity index (χ4n) is 10.6. The van der Waals surface area contributed by atoms with Crippen molar-refractivity contribution in [1.29, 1.82) is 5.26 Å². The van der Waals surface area contributed by atoms with Crippen molar-refractivity contribution in [1.82, 2.24) is 38.9 Å². The summed E-state index contributed by atoms with van der Waals surface area (Å²) in [5.41, 5.74) is 0.847. The van der Waals surface area contributed by atoms with Gasteiger partial charge < -0.3 is 19.4 Å². The highest BCUT2D eigenvalue weighted by Crippen LogP contribution is 2.45. The van der Waals surface area contributed by atoms with Crippen LogP contribution in [-0.2, 0) is 19.8 Å². The molecule has 1 unspecified atom stereocenters. The van der Waals surface area contributed by atoms with Gasteiger partial charge in [-0.25, -0.2) is 23.7 Å². The number of aromatic nitrogens is 4. The van der Waals surface area contributed by atoms with Crippen LogP contribution in [0.25, 0.3) is 16.6 Å². The van der Waals surface area contributed by atoms with E-state index < -0.39 is 68.7 Å². The number of anilines is 3. The Bertz CT molecular complexity index is 3240. The number of halogens is 2. The molecule has 0 radical (unpaired) electrons. The van der Waals surface area contributed by atoms with Crippen molar-refractivity contribution >= 4 is 62.1 Å². The Labute approximate surface area is 398 Å². The predicted molar refractivity (Wildman–Crippen MR) is 247 cm³/mol. The largest absolute Gasteiger partial charge is 0.453 e. The Morgan fingerprint density at radius 1 is 0.900 bits per heavy atom. The van der Waals surface area contributed by atoms with Crippen molar-refractivity contribution in [3.05, 3.63) is 100 Å². The quantitative estimate of drug-likeness (QED) is 0.181. The van der Waals surface area contributed by atoms with Gasteiger partial charge in [0.05, 0.1) is 51.5 Å². The van der Waals surface area contributed by atoms with Crippen molar-refractivity contribution in [3.63, 3.8) is 0 Å². The Balaban J connectivity index is 0.687. The number of carbonyl (C=O) groups excluding carboxylic acids is 4. The molecule has 2 atom stereocenters. The van der Waals surface area contributed by atoms with Gasteiger partial charge >= 0.3 is 10.2 Å². The maximum Gasteiger partial charge on any atom is 0.301 e. The molecular weight excluding hydrogens is 931 g/mol. The van der Waals surface area contributed by atoms with Crippen LogP contribution in [0.3, 0.4) is 0 Å². The van der Waals surface area contributed by atoms with E-state index in [1.54, 1.807) is 18.2 Å². The Hall–Kier alpha value is -7.42. The molecule has 0 saturated carbocycles. The second-order valence-electron chi connectivity index (χ2n) is 18.8. The first-order valence-corrected chi connectivity index (χ1v) is 24.3. The van der Waals surface area contributed by atoms with E-state index in [1.807, 2.05) is 6.07 Å². The number of piperidine rings is 2. The van der Waals surface area contributed by atoms with E-state index in [1.165, 1.54) is 41.5 Å². The maximum atomic E-state index is 15.2. The molecule has 0 aliphatic carbocycles. The van der Waals surface area contributed by atoms with E-state index >= 15 is 4.39 Å². The summed E-state index contributed by atoms with van der Waals surface area (Å²) in [4.78, 5) is 86.4. The number of amides is 4. The standard InChI is InChI=1S/C47H44F2N12O8S/c48-28-12-15-59(21-28)70(67,68)55-36-7-5-34(49)41(33(36)17-50)69-30-4-6-35-32(16-30)43(64)60(26-53-35)29-18-51-46(52-19-29)57-13-10-27(11-14-57)20-56-22-47(23-56)24-58(25-47)37-3-1-2-31-40(37)45(66)61(44(31)65)38-8-9-39(62)54-42(38)63/h1-7,16,18-19,26-28,38,55H,8-15,20-25H2,(H,54,62,63)/t28-,38?/m1/s1. The van der Waals surface area contributed by atoms with E-state index in [9.17, 15) is 42.0 Å². The first kappa shape index (κ1) is 45.0. The average molecular weight is 975 g/mol. The second-order valence-corrected chi connectivity index (χ2v) is 20.5. The van der Waals surface area contributed by atoms with Crippen LogP contribution in [0.4, 0.5) is 26.1 Å². The number of fused-ring (bicyclic) bond motifs is 2. The van der Waals surface area contributed by atoms with E-state index in [-0.39, 0.29) is 60.2 Å². The smallest absolute Gasteiger partial charge is 0.301 e. The highest BCUT2D eigenvalue weighted by Gasteiger charge is 2.54. The number of nitrogens with zero attached hydrogens (tertiary/aromatic N) is 10. The van der Waals surface area contributed by atoms with Crippen LogP contribution < -0.4 is 30.1 Å². The maximum absolute atomic E-state index is 15.2. The summed E-state index contributed by atoms with van der Waals surface area (Å²) in [6.07, 6.45) is 5.17. The molecule has 3 aromatic carbocycles. The minimum absolute atomic E-state index is 0.0234. The fraction of sp³-hybridized carbons (Fsp3) is 0.383. The van der Waals surface area contributed by atoms with Gasteiger partial charge in [-0.1, -0.05) is 6.07 Å². The van der Waals surface area contributed by atoms with Crippen molar-refractivity contribution in [2.75, 3.05) is 73.4 Å². The Kier molecular flexibility index (Phi) is 11.1. The van der Waals surface area contributed by atoms with Gasteiger partial charge in [0, 0.05) is 70.7 Å². The normalized spacial score (nSPS) is 21.7. The van der Waals surface area contributed by atoms with Gasteiger partial charge in [-0.3, -0.25) is 43.5 Å². The molecule has 5 saturated heterocycles. The topological polar surface area (TPSA) is 236 Å². The minimum Gasteiger partial charge on any atom is -0.453 e. The van der Waals surface area contributed by atoms with Gasteiger partial charge in [-0.2, -0.15) is 18.0 Å². The number of hydrogen-bond donors (Lipinski definition) is 2. The molecule has 0 bridgehead atoms. The molecule has 20 nitrogen and oxygen atoms in total. The lowest BCUT2D eigenvalue weighted by molar-refractivity contribution is -0.136. The lowest BCUT2D eigenvalue weighted by Gasteiger charge is -2.61. The number of ether oxygens (including phenoxy) is 1. The number of likely N-dealkylation sites (tertiary alicyclic amines) is 1. The van der Waals surface area contributed by atoms with Crippen LogP contribution >= 0.6 is 0 Å². The lowest BCUT2D eigenvalue weighted by Crippen LogP contribution is -2.72. The SMILES string of the molecule is N#Cc1c(NS(=O)(=O)N2CC[C@@H](F)C2)ccc(F)c1Oc1ccc2ncn(-c3cnc(N4CCC(CN5CC6(C5)CN(c5cccc7c5C(=O)N(C5CCC(=O)NC5=O)C7=O)C6)CC4)nc3)c(=O)c2c1. The van der Waals surface area contributed by atoms with Crippen LogP contribution in [0.15, 0.2) is 72.0 Å². The van der Waals surface area contributed by atoms with Crippen LogP contribution in [0.5, 0.6) is 11.5 Å². The highest BCUT2D eigenvalue weighted by molar-refractivity contribution is 7.90. The summed E-state index contributed by atoms with van der Waals surface area (Å²) >= 11 is 0. The average Bonchev–Trinajstić information content (AvgIpc) is 3.88. The summed E-state index contributed by atoms with van der Waals surface area (Å²) in [7, 11) is -4.26. The molecule has 6 aliphatic heterocycles. The molecule has 360 valence electrons. The van der Waals surface area contributed by atoms with Gasteiger partial charge in [-0.05, 0) is 74.1 Å². The summed E-state index contributed by atoms with van der Waals surface area (Å²) in [6.45, 7) is 5.43. The van der Waals surface area contributed by atoms with E-state index in [2.05, 4.69) is 39.7 Å². The number of imide groups is 2. The first-order chi connectivity index (χ1) is 33.7. The molecule has 6 aliphatic rings. The molecule has 23 heteroatoms. The molecular formula is C47H44F2N12O8S. The first-order valence-electron chi connectivity index (χ1n) is 22.9. The predicted octanol–water partition coefficient (Wildman–Crippen LogP) is 3.12. The summed E-state index contributed by atoms with van der Waals surface area (Å²) in [5.74, 6) is -2.61. The third-order valence-electron chi connectivity index (χ3n) is 14.1. The van der Waals surface area contributed by atoms with Gasteiger partial charge in [-0.15, -0.1) is 0 Å². The van der Waals surface area contributed by atoms with Crippen LogP contribution in [0.1, 0.15) is 58.4 Å². The molecule has 1 spiro atoms. The number of benzene rings is 3. The van der Waals surface area contributed by atoms with Gasteiger partial charge in [0.15, 0.2) is 11.6 Å². The van der Waals surface area contributed by atoms with Crippen molar-refractivity contribution in [2.45, 2.75) is 44.3 Å². The van der Waals surface area contributed by atoms with Crippen LogP contribution in [0, 0.1) is 28.5 Å². The molecule has 11 rings (SSSR count). The van der Waals surface area contributed by atoms with E-state index in [0.717, 1.165) is 80.0 Å². The Morgan fingerprint density at radius 3 is 2.39 bits per heavy atom. The molecule has 2 N–H and O–H groups in total. The molecule has 5 aromatic rings. The van der Waals surface area contributed by atoms with Gasteiger partial charge in [0.2, 0.25) is 17.8 Å². The number of hydrogen-bond acceptors (Lipinski definition) is 15. The number of nitrogens with one attached hydrogen (secondary N) is 2.